The lowest BCUT2D eigenvalue weighted by atomic mass is 9.77. The molecule has 0 fully saturated rings. The first-order valence-electron chi connectivity index (χ1n) is 11.7. The number of rotatable bonds is 18. The summed E-state index contributed by atoms with van der Waals surface area (Å²) in [4.78, 5) is 0. The number of hydrogen-bond donors (Lipinski definition) is 1. The van der Waals surface area contributed by atoms with Crippen LogP contribution in [0.3, 0.4) is 0 Å². The molecule has 1 nitrogen and oxygen atoms in total. The average molecular weight is 355 g/mol. The molecule has 0 unspecified atom stereocenters. The van der Waals surface area contributed by atoms with Crippen LogP contribution in [-0.4, -0.2) is 10.7 Å². The summed E-state index contributed by atoms with van der Waals surface area (Å²) < 4.78 is 0. The maximum absolute atomic E-state index is 10.8. The number of unbranched alkanes of at least 4 members (excludes halogenated alkanes) is 14. The van der Waals surface area contributed by atoms with E-state index >= 15 is 0 Å². The van der Waals surface area contributed by atoms with Gasteiger partial charge in [0.05, 0.1) is 5.60 Å². The first-order valence-corrected chi connectivity index (χ1v) is 11.7. The van der Waals surface area contributed by atoms with E-state index in [9.17, 15) is 5.11 Å². The molecule has 0 rings (SSSR count). The van der Waals surface area contributed by atoms with Crippen LogP contribution in [0.5, 0.6) is 0 Å². The van der Waals surface area contributed by atoms with Gasteiger partial charge in [-0.1, -0.05) is 131 Å². The van der Waals surface area contributed by atoms with Gasteiger partial charge in [-0.25, -0.2) is 0 Å². The van der Waals surface area contributed by atoms with Gasteiger partial charge in [-0.3, -0.25) is 0 Å². The molecule has 0 saturated heterocycles. The summed E-state index contributed by atoms with van der Waals surface area (Å²) in [6.07, 6.45) is 22.0. The summed E-state index contributed by atoms with van der Waals surface area (Å²) in [5, 5.41) is 10.8. The van der Waals surface area contributed by atoms with Crippen molar-refractivity contribution in [3.8, 4) is 0 Å². The highest BCUT2D eigenvalue weighted by molar-refractivity contribution is 4.84. The normalized spacial score (nSPS) is 12.5. The summed E-state index contributed by atoms with van der Waals surface area (Å²) in [6, 6.07) is 0. The summed E-state index contributed by atoms with van der Waals surface area (Å²) in [5.74, 6) is 0.721. The molecular weight excluding hydrogens is 304 g/mol. The van der Waals surface area contributed by atoms with Gasteiger partial charge in [0.15, 0.2) is 0 Å². The largest absolute Gasteiger partial charge is 0.389 e. The Labute approximate surface area is 160 Å². The van der Waals surface area contributed by atoms with Gasteiger partial charge in [-0.15, -0.1) is 0 Å². The first kappa shape index (κ1) is 25.0. The van der Waals surface area contributed by atoms with Crippen LogP contribution in [0.2, 0.25) is 0 Å². The summed E-state index contributed by atoms with van der Waals surface area (Å²) >= 11 is 0. The molecule has 1 N–H and O–H groups in total. The van der Waals surface area contributed by atoms with Gasteiger partial charge in [0, 0.05) is 0 Å². The molecular formula is C24H50O. The van der Waals surface area contributed by atoms with Crippen molar-refractivity contribution in [3.05, 3.63) is 0 Å². The smallest absolute Gasteiger partial charge is 0.0693 e. The highest BCUT2D eigenvalue weighted by Gasteiger charge is 2.33. The van der Waals surface area contributed by atoms with Crippen molar-refractivity contribution < 1.29 is 5.11 Å². The number of aliphatic hydroxyl groups is 1. The van der Waals surface area contributed by atoms with Crippen LogP contribution >= 0.6 is 0 Å². The van der Waals surface area contributed by atoms with Gasteiger partial charge in [0.2, 0.25) is 0 Å². The van der Waals surface area contributed by atoms with Crippen LogP contribution in [-0.2, 0) is 0 Å². The average Bonchev–Trinajstić information content (AvgIpc) is 2.57. The van der Waals surface area contributed by atoms with E-state index in [4.69, 9.17) is 0 Å². The standard InChI is InChI=1S/C24H50O/c1-6-7-8-9-10-11-12-13-14-15-16-17-18-19-20-21-24(25,22(2)3)23(4)5/h22-23,25H,6-21H2,1-5H3. The van der Waals surface area contributed by atoms with Crippen LogP contribution in [0.25, 0.3) is 0 Å². The minimum Gasteiger partial charge on any atom is -0.389 e. The molecule has 0 heterocycles. The predicted molar refractivity (Wildman–Crippen MR) is 114 cm³/mol. The van der Waals surface area contributed by atoms with Crippen LogP contribution < -0.4 is 0 Å². The second-order valence-electron chi connectivity index (χ2n) is 9.00. The second kappa shape index (κ2) is 16.2. The molecule has 0 radical (unpaired) electrons. The van der Waals surface area contributed by atoms with E-state index in [1.165, 1.54) is 96.3 Å². The lowest BCUT2D eigenvalue weighted by molar-refractivity contribution is -0.0555. The van der Waals surface area contributed by atoms with E-state index in [2.05, 4.69) is 34.6 Å². The zero-order valence-corrected chi connectivity index (χ0v) is 18.4. The fraction of sp³-hybridized carbons (Fsp3) is 1.00. The van der Waals surface area contributed by atoms with E-state index in [1.807, 2.05) is 0 Å². The van der Waals surface area contributed by atoms with Crippen molar-refractivity contribution in [2.24, 2.45) is 11.8 Å². The molecule has 0 aromatic rings. The molecule has 0 aromatic carbocycles. The zero-order valence-electron chi connectivity index (χ0n) is 18.4. The van der Waals surface area contributed by atoms with Gasteiger partial charge >= 0.3 is 0 Å². The van der Waals surface area contributed by atoms with Crippen LogP contribution in [0, 0.1) is 11.8 Å². The van der Waals surface area contributed by atoms with Crippen molar-refractivity contribution in [2.75, 3.05) is 0 Å². The van der Waals surface area contributed by atoms with Crippen molar-refractivity contribution in [3.63, 3.8) is 0 Å². The van der Waals surface area contributed by atoms with Gasteiger partial charge in [-0.05, 0) is 18.3 Å². The molecule has 0 aliphatic carbocycles. The molecule has 152 valence electrons. The van der Waals surface area contributed by atoms with Crippen LogP contribution in [0.4, 0.5) is 0 Å². The predicted octanol–water partition coefficient (Wildman–Crippen LogP) is 8.29. The maximum Gasteiger partial charge on any atom is 0.0693 e. The van der Waals surface area contributed by atoms with Gasteiger partial charge in [0.25, 0.3) is 0 Å². The monoisotopic (exact) mass is 354 g/mol. The Morgan fingerprint density at radius 2 is 0.800 bits per heavy atom. The Hall–Kier alpha value is -0.0400. The van der Waals surface area contributed by atoms with E-state index < -0.39 is 5.60 Å². The van der Waals surface area contributed by atoms with Crippen LogP contribution in [0.1, 0.15) is 137 Å². The summed E-state index contributed by atoms with van der Waals surface area (Å²) in [5.41, 5.74) is -0.462. The zero-order chi connectivity index (χ0) is 19.0. The topological polar surface area (TPSA) is 20.2 Å². The molecule has 0 aliphatic rings. The Bertz CT molecular complexity index is 261. The highest BCUT2D eigenvalue weighted by atomic mass is 16.3. The van der Waals surface area contributed by atoms with Gasteiger partial charge in [0.1, 0.15) is 0 Å². The van der Waals surface area contributed by atoms with Crippen molar-refractivity contribution in [2.45, 2.75) is 143 Å². The van der Waals surface area contributed by atoms with E-state index in [1.54, 1.807) is 0 Å². The molecule has 0 aromatic heterocycles. The maximum atomic E-state index is 10.8. The molecule has 1 heteroatoms. The third-order valence-electron chi connectivity index (χ3n) is 6.18. The molecule has 0 saturated carbocycles. The fourth-order valence-electron chi connectivity index (χ4n) is 4.02. The van der Waals surface area contributed by atoms with E-state index in [0.717, 1.165) is 6.42 Å². The Balaban J connectivity index is 3.34. The van der Waals surface area contributed by atoms with Gasteiger partial charge < -0.3 is 5.11 Å². The third kappa shape index (κ3) is 12.9. The SMILES string of the molecule is CCCCCCCCCCCCCCCCCC(O)(C(C)C)C(C)C. The summed E-state index contributed by atoms with van der Waals surface area (Å²) in [7, 11) is 0. The highest BCUT2D eigenvalue weighted by Crippen LogP contribution is 2.31. The number of hydrogen-bond acceptors (Lipinski definition) is 1. The lowest BCUT2D eigenvalue weighted by Gasteiger charge is -2.36. The first-order chi connectivity index (χ1) is 11.9. The molecule has 0 atom stereocenters. The van der Waals surface area contributed by atoms with Crippen LogP contribution in [0.15, 0.2) is 0 Å². The van der Waals surface area contributed by atoms with Crippen molar-refractivity contribution in [1.29, 1.82) is 0 Å². The molecule has 25 heavy (non-hydrogen) atoms. The molecule has 0 amide bonds. The van der Waals surface area contributed by atoms with Crippen molar-refractivity contribution >= 4 is 0 Å². The molecule has 0 aliphatic heterocycles. The second-order valence-corrected chi connectivity index (χ2v) is 9.00. The molecule has 0 bridgehead atoms. The van der Waals surface area contributed by atoms with Gasteiger partial charge in [-0.2, -0.15) is 0 Å². The minimum absolute atomic E-state index is 0.360. The Kier molecular flexibility index (Phi) is 16.1. The van der Waals surface area contributed by atoms with E-state index in [-0.39, 0.29) is 0 Å². The van der Waals surface area contributed by atoms with Crippen molar-refractivity contribution in [1.82, 2.24) is 0 Å². The summed E-state index contributed by atoms with van der Waals surface area (Å²) in [6.45, 7) is 10.9. The fourth-order valence-corrected chi connectivity index (χ4v) is 4.02. The molecule has 0 spiro atoms. The van der Waals surface area contributed by atoms with E-state index in [0.29, 0.717) is 11.8 Å². The Morgan fingerprint density at radius 3 is 1.08 bits per heavy atom. The Morgan fingerprint density at radius 1 is 0.520 bits per heavy atom. The third-order valence-corrected chi connectivity index (χ3v) is 6.18. The quantitative estimate of drug-likeness (QED) is 0.245. The minimum atomic E-state index is -0.462. The lowest BCUT2D eigenvalue weighted by Crippen LogP contribution is -2.40.